The number of rotatable bonds is 11. The Bertz CT molecular complexity index is 1430. The predicted molar refractivity (Wildman–Crippen MR) is 149 cm³/mol. The van der Waals surface area contributed by atoms with Gasteiger partial charge in [0.15, 0.2) is 0 Å². The zero-order valence-corrected chi connectivity index (χ0v) is 23.0. The topological polar surface area (TPSA) is 98.6 Å². The minimum Gasteiger partial charge on any atom is -0.497 e. The van der Waals surface area contributed by atoms with Gasteiger partial charge in [0.25, 0.3) is 0 Å². The molecule has 1 aromatic heterocycles. The molecule has 0 aliphatic carbocycles. The third kappa shape index (κ3) is 6.37. The number of nitrogens with zero attached hydrogens (tertiary/aromatic N) is 4. The Morgan fingerprint density at radius 3 is 2.41 bits per heavy atom. The van der Waals surface area contributed by atoms with E-state index in [0.717, 1.165) is 11.1 Å². The van der Waals surface area contributed by atoms with E-state index in [0.29, 0.717) is 29.0 Å². The van der Waals surface area contributed by atoms with Crippen LogP contribution in [0.5, 0.6) is 11.5 Å². The van der Waals surface area contributed by atoms with Crippen LogP contribution in [0.25, 0.3) is 11.0 Å². The van der Waals surface area contributed by atoms with E-state index in [-0.39, 0.29) is 24.9 Å². The maximum Gasteiger partial charge on any atom is 0.248 e. The number of methoxy groups -OCH3 is 2. The van der Waals surface area contributed by atoms with Crippen molar-refractivity contribution in [2.75, 3.05) is 14.2 Å². The first-order valence-electron chi connectivity index (χ1n) is 12.9. The van der Waals surface area contributed by atoms with E-state index in [1.54, 1.807) is 42.0 Å². The highest BCUT2D eigenvalue weighted by atomic mass is 16.5. The maximum absolute atomic E-state index is 14.2. The molecule has 4 aromatic rings. The minimum absolute atomic E-state index is 0.0966. The summed E-state index contributed by atoms with van der Waals surface area (Å²) in [6.45, 7) is 6.01. The first-order valence-corrected chi connectivity index (χ1v) is 12.9. The van der Waals surface area contributed by atoms with Gasteiger partial charge in [-0.3, -0.25) is 9.59 Å². The highest BCUT2D eigenvalue weighted by Gasteiger charge is 2.36. The average molecular weight is 530 g/mol. The van der Waals surface area contributed by atoms with E-state index in [9.17, 15) is 9.59 Å². The molecule has 2 amide bonds. The molecule has 9 heteroatoms. The van der Waals surface area contributed by atoms with Crippen molar-refractivity contribution in [1.29, 1.82) is 0 Å². The first-order chi connectivity index (χ1) is 18.8. The fourth-order valence-corrected chi connectivity index (χ4v) is 4.35. The molecule has 0 saturated carbocycles. The third-order valence-electron chi connectivity index (χ3n) is 6.86. The molecule has 0 fully saturated rings. The van der Waals surface area contributed by atoms with Crippen molar-refractivity contribution in [3.05, 3.63) is 83.9 Å². The van der Waals surface area contributed by atoms with Crippen molar-refractivity contribution in [3.63, 3.8) is 0 Å². The molecule has 0 saturated heterocycles. The number of ether oxygens (including phenoxy) is 2. The fraction of sp³-hybridized carbons (Fsp3) is 0.333. The zero-order chi connectivity index (χ0) is 28.0. The molecule has 1 heterocycles. The van der Waals surface area contributed by atoms with Gasteiger partial charge in [0, 0.05) is 17.6 Å². The molecule has 0 radical (unpaired) electrons. The number of amides is 2. The monoisotopic (exact) mass is 529 g/mol. The molecule has 39 heavy (non-hydrogen) atoms. The number of carbonyl (C=O) groups excluding carboxylic acids is 2. The van der Waals surface area contributed by atoms with Crippen LogP contribution < -0.4 is 14.8 Å². The summed E-state index contributed by atoms with van der Waals surface area (Å²) in [6, 6.07) is 21.3. The van der Waals surface area contributed by atoms with Gasteiger partial charge in [-0.05, 0) is 56.2 Å². The maximum atomic E-state index is 14.2. The molecule has 0 bridgehead atoms. The van der Waals surface area contributed by atoms with Gasteiger partial charge < -0.3 is 19.7 Å². The van der Waals surface area contributed by atoms with E-state index in [4.69, 9.17) is 9.47 Å². The van der Waals surface area contributed by atoms with Crippen LogP contribution in [0.1, 0.15) is 44.4 Å². The SMILES string of the molecule is CCC(C)(C)NC(=O)[C@@H](c1cc(OC)ccc1OC)N(Cc1ccccc1)C(=O)Cn1nnc2ccccc21. The Morgan fingerprint density at radius 1 is 1.00 bits per heavy atom. The van der Waals surface area contributed by atoms with Gasteiger partial charge in [0.05, 0.1) is 19.7 Å². The summed E-state index contributed by atoms with van der Waals surface area (Å²) >= 11 is 0. The molecular formula is C30H35N5O4. The number of carbonyl (C=O) groups is 2. The van der Waals surface area contributed by atoms with Crippen LogP contribution in [-0.4, -0.2) is 51.5 Å². The van der Waals surface area contributed by atoms with Crippen molar-refractivity contribution in [3.8, 4) is 11.5 Å². The summed E-state index contributed by atoms with van der Waals surface area (Å²) in [7, 11) is 3.10. The van der Waals surface area contributed by atoms with Crippen molar-refractivity contribution in [2.45, 2.75) is 51.9 Å². The summed E-state index contributed by atoms with van der Waals surface area (Å²) in [4.78, 5) is 29.8. The van der Waals surface area contributed by atoms with E-state index < -0.39 is 11.6 Å². The lowest BCUT2D eigenvalue weighted by Gasteiger charge is -2.35. The summed E-state index contributed by atoms with van der Waals surface area (Å²) in [5, 5.41) is 11.5. The molecule has 3 aromatic carbocycles. The van der Waals surface area contributed by atoms with E-state index in [1.165, 1.54) is 0 Å². The number of hydrogen-bond donors (Lipinski definition) is 1. The average Bonchev–Trinajstić information content (AvgIpc) is 3.35. The van der Waals surface area contributed by atoms with E-state index >= 15 is 0 Å². The number of nitrogens with one attached hydrogen (secondary N) is 1. The van der Waals surface area contributed by atoms with Gasteiger partial charge in [-0.2, -0.15) is 0 Å². The van der Waals surface area contributed by atoms with Crippen molar-refractivity contribution < 1.29 is 19.1 Å². The van der Waals surface area contributed by atoms with Crippen molar-refractivity contribution in [1.82, 2.24) is 25.2 Å². The van der Waals surface area contributed by atoms with Gasteiger partial charge in [-0.25, -0.2) is 4.68 Å². The molecule has 0 spiro atoms. The van der Waals surface area contributed by atoms with Crippen LogP contribution >= 0.6 is 0 Å². The van der Waals surface area contributed by atoms with Crippen LogP contribution in [-0.2, 0) is 22.7 Å². The second-order valence-corrected chi connectivity index (χ2v) is 9.98. The Morgan fingerprint density at radius 2 is 1.72 bits per heavy atom. The number of hydrogen-bond acceptors (Lipinski definition) is 6. The number of fused-ring (bicyclic) bond motifs is 1. The van der Waals surface area contributed by atoms with Gasteiger partial charge in [0.1, 0.15) is 29.6 Å². The van der Waals surface area contributed by atoms with Crippen LogP contribution in [0.3, 0.4) is 0 Å². The highest BCUT2D eigenvalue weighted by molar-refractivity contribution is 5.90. The van der Waals surface area contributed by atoms with Crippen LogP contribution in [0, 0.1) is 0 Å². The van der Waals surface area contributed by atoms with Crippen LogP contribution in [0.15, 0.2) is 72.8 Å². The number of benzene rings is 3. The molecule has 0 unspecified atom stereocenters. The summed E-state index contributed by atoms with van der Waals surface area (Å²) in [5.41, 5.74) is 2.33. The Balaban J connectivity index is 1.84. The quantitative estimate of drug-likeness (QED) is 0.307. The largest absolute Gasteiger partial charge is 0.497 e. The molecule has 0 aliphatic heterocycles. The molecular weight excluding hydrogens is 494 g/mol. The van der Waals surface area contributed by atoms with Crippen LogP contribution in [0.4, 0.5) is 0 Å². The zero-order valence-electron chi connectivity index (χ0n) is 23.0. The predicted octanol–water partition coefficient (Wildman–Crippen LogP) is 4.52. The van der Waals surface area contributed by atoms with Crippen molar-refractivity contribution >= 4 is 22.8 Å². The third-order valence-corrected chi connectivity index (χ3v) is 6.86. The Kier molecular flexibility index (Phi) is 8.49. The first kappa shape index (κ1) is 27.6. The second-order valence-electron chi connectivity index (χ2n) is 9.98. The minimum atomic E-state index is -1.01. The van der Waals surface area contributed by atoms with Gasteiger partial charge >= 0.3 is 0 Å². The molecule has 9 nitrogen and oxygen atoms in total. The Hall–Kier alpha value is -4.40. The second kappa shape index (κ2) is 12.0. The van der Waals surface area contributed by atoms with E-state index in [2.05, 4.69) is 15.6 Å². The summed E-state index contributed by atoms with van der Waals surface area (Å²) < 4.78 is 12.7. The fourth-order valence-electron chi connectivity index (χ4n) is 4.35. The summed E-state index contributed by atoms with van der Waals surface area (Å²) in [6.07, 6.45) is 0.707. The smallest absolute Gasteiger partial charge is 0.248 e. The van der Waals surface area contributed by atoms with Crippen molar-refractivity contribution in [2.24, 2.45) is 0 Å². The summed E-state index contributed by atoms with van der Waals surface area (Å²) in [5.74, 6) is 0.407. The lowest BCUT2D eigenvalue weighted by molar-refractivity contribution is -0.143. The molecule has 0 aliphatic rings. The van der Waals surface area contributed by atoms with Gasteiger partial charge in [-0.1, -0.05) is 54.6 Å². The molecule has 1 N–H and O–H groups in total. The normalized spacial score (nSPS) is 12.1. The van der Waals surface area contributed by atoms with Crippen LogP contribution in [0.2, 0.25) is 0 Å². The molecule has 204 valence electrons. The van der Waals surface area contributed by atoms with Gasteiger partial charge in [-0.15, -0.1) is 5.10 Å². The number of para-hydroxylation sites is 1. The lowest BCUT2D eigenvalue weighted by Crippen LogP contribution is -2.50. The van der Waals surface area contributed by atoms with Gasteiger partial charge in [0.2, 0.25) is 11.8 Å². The molecule has 4 rings (SSSR count). The standard InChI is InChI=1S/C30H35N5O4/c1-6-30(2,3)31-29(37)28(23-18-22(38-4)16-17-26(23)39-5)34(19-21-12-8-7-9-13-21)27(36)20-35-25-15-11-10-14-24(25)32-33-35/h7-18,28H,6,19-20H2,1-5H3,(H,31,37)/t28-/m1/s1. The van der Waals surface area contributed by atoms with E-state index in [1.807, 2.05) is 75.4 Å². The Labute approximate surface area is 228 Å². The lowest BCUT2D eigenvalue weighted by atomic mass is 9.97. The molecule has 1 atom stereocenters. The number of aromatic nitrogens is 3. The highest BCUT2D eigenvalue weighted by Crippen LogP contribution is 2.35.